The first-order chi connectivity index (χ1) is 10.9. The van der Waals surface area contributed by atoms with Crippen LogP contribution in [0.5, 0.6) is 0 Å². The summed E-state index contributed by atoms with van der Waals surface area (Å²) >= 11 is 0. The van der Waals surface area contributed by atoms with Crippen molar-refractivity contribution in [3.05, 3.63) is 0 Å². The molecule has 0 amide bonds. The molecule has 2 aliphatic heterocycles. The van der Waals surface area contributed by atoms with Crippen LogP contribution in [0.25, 0.3) is 0 Å². The third-order valence-corrected chi connectivity index (χ3v) is 6.49. The van der Waals surface area contributed by atoms with Crippen LogP contribution in [0.4, 0.5) is 0 Å². The van der Waals surface area contributed by atoms with E-state index in [9.17, 15) is 8.42 Å². The molecule has 2 saturated heterocycles. The SMILES string of the molecule is CC(C)CCN1CCC(N(CCCN2CCCC2)S(C)(=O)=O)C1. The summed E-state index contributed by atoms with van der Waals surface area (Å²) in [5.41, 5.74) is 0. The van der Waals surface area contributed by atoms with Crippen molar-refractivity contribution in [2.45, 2.75) is 52.0 Å². The van der Waals surface area contributed by atoms with Crippen molar-refractivity contribution in [1.29, 1.82) is 0 Å². The summed E-state index contributed by atoms with van der Waals surface area (Å²) in [6.45, 7) is 11.6. The number of hydrogen-bond acceptors (Lipinski definition) is 4. The number of likely N-dealkylation sites (tertiary alicyclic amines) is 2. The van der Waals surface area contributed by atoms with Crippen LogP contribution < -0.4 is 0 Å². The molecule has 1 atom stereocenters. The molecule has 0 aromatic rings. The quantitative estimate of drug-likeness (QED) is 0.640. The van der Waals surface area contributed by atoms with Crippen LogP contribution in [-0.4, -0.2) is 80.6 Å². The van der Waals surface area contributed by atoms with Crippen molar-refractivity contribution in [1.82, 2.24) is 14.1 Å². The van der Waals surface area contributed by atoms with E-state index in [1.54, 1.807) is 4.31 Å². The number of nitrogens with zero attached hydrogens (tertiary/aromatic N) is 3. The average molecular weight is 346 g/mol. The van der Waals surface area contributed by atoms with Gasteiger partial charge in [-0.05, 0) is 70.7 Å². The molecule has 2 fully saturated rings. The molecule has 0 bridgehead atoms. The van der Waals surface area contributed by atoms with E-state index >= 15 is 0 Å². The van der Waals surface area contributed by atoms with Gasteiger partial charge in [-0.2, -0.15) is 4.31 Å². The monoisotopic (exact) mass is 345 g/mol. The zero-order valence-corrected chi connectivity index (χ0v) is 16.0. The summed E-state index contributed by atoms with van der Waals surface area (Å²) in [5.74, 6) is 0.709. The van der Waals surface area contributed by atoms with Crippen molar-refractivity contribution >= 4 is 10.0 Å². The van der Waals surface area contributed by atoms with Gasteiger partial charge in [0.25, 0.3) is 0 Å². The van der Waals surface area contributed by atoms with Gasteiger partial charge >= 0.3 is 0 Å². The lowest BCUT2D eigenvalue weighted by atomic mass is 10.1. The Balaban J connectivity index is 1.81. The molecule has 2 rings (SSSR count). The van der Waals surface area contributed by atoms with E-state index in [1.807, 2.05) is 0 Å². The third-order valence-electron chi connectivity index (χ3n) is 5.15. The minimum Gasteiger partial charge on any atom is -0.303 e. The first-order valence-electron chi connectivity index (χ1n) is 9.28. The lowest BCUT2D eigenvalue weighted by Gasteiger charge is -2.28. The molecule has 0 aromatic carbocycles. The standard InChI is InChI=1S/C17H35N3O2S/c1-16(2)7-13-19-14-8-17(15-19)20(23(3,21)22)12-6-11-18-9-4-5-10-18/h16-17H,4-15H2,1-3H3. The Labute approximate surface area is 143 Å². The highest BCUT2D eigenvalue weighted by Crippen LogP contribution is 2.20. The second-order valence-corrected chi connectivity index (χ2v) is 9.64. The molecule has 2 heterocycles. The predicted molar refractivity (Wildman–Crippen MR) is 96.1 cm³/mol. The molecular weight excluding hydrogens is 310 g/mol. The summed E-state index contributed by atoms with van der Waals surface area (Å²) in [4.78, 5) is 4.90. The Hall–Kier alpha value is -0.170. The molecule has 0 aromatic heterocycles. The van der Waals surface area contributed by atoms with E-state index in [2.05, 4.69) is 23.6 Å². The molecule has 0 N–H and O–H groups in total. The van der Waals surface area contributed by atoms with Crippen LogP contribution in [-0.2, 0) is 10.0 Å². The van der Waals surface area contributed by atoms with Gasteiger partial charge in [0.1, 0.15) is 0 Å². The minimum atomic E-state index is -3.11. The molecule has 5 nitrogen and oxygen atoms in total. The summed E-state index contributed by atoms with van der Waals surface area (Å²) in [5, 5.41) is 0. The zero-order chi connectivity index (χ0) is 16.9. The second-order valence-electron chi connectivity index (χ2n) is 7.70. The largest absolute Gasteiger partial charge is 0.303 e. The number of hydrogen-bond donors (Lipinski definition) is 0. The molecule has 1 unspecified atom stereocenters. The van der Waals surface area contributed by atoms with E-state index in [1.165, 1.54) is 38.6 Å². The molecule has 2 aliphatic rings. The van der Waals surface area contributed by atoms with Gasteiger partial charge in [0.2, 0.25) is 10.0 Å². The Morgan fingerprint density at radius 2 is 1.78 bits per heavy atom. The second kappa shape index (κ2) is 8.79. The third kappa shape index (κ3) is 6.33. The minimum absolute atomic E-state index is 0.177. The van der Waals surface area contributed by atoms with Gasteiger partial charge in [-0.1, -0.05) is 13.8 Å². The summed E-state index contributed by atoms with van der Waals surface area (Å²) in [6, 6.07) is 0.177. The maximum Gasteiger partial charge on any atom is 0.211 e. The molecular formula is C17H35N3O2S. The van der Waals surface area contributed by atoms with Gasteiger partial charge < -0.3 is 9.80 Å². The Kier molecular flexibility index (Phi) is 7.32. The molecule has 6 heteroatoms. The number of sulfonamides is 1. The first kappa shape index (κ1) is 19.2. The highest BCUT2D eigenvalue weighted by Gasteiger charge is 2.32. The van der Waals surface area contributed by atoms with Gasteiger partial charge in [0, 0.05) is 19.1 Å². The van der Waals surface area contributed by atoms with Crippen molar-refractivity contribution < 1.29 is 8.42 Å². The maximum absolute atomic E-state index is 12.2. The van der Waals surface area contributed by atoms with Crippen molar-refractivity contribution in [3.63, 3.8) is 0 Å². The summed E-state index contributed by atoms with van der Waals surface area (Å²) in [7, 11) is -3.11. The Morgan fingerprint density at radius 1 is 1.09 bits per heavy atom. The summed E-state index contributed by atoms with van der Waals surface area (Å²) in [6.07, 6.45) is 7.09. The highest BCUT2D eigenvalue weighted by molar-refractivity contribution is 7.88. The fourth-order valence-corrected chi connectivity index (χ4v) is 4.94. The molecule has 23 heavy (non-hydrogen) atoms. The fraction of sp³-hybridized carbons (Fsp3) is 1.00. The van der Waals surface area contributed by atoms with Gasteiger partial charge in [-0.3, -0.25) is 0 Å². The van der Waals surface area contributed by atoms with Crippen LogP contribution in [0, 0.1) is 5.92 Å². The summed E-state index contributed by atoms with van der Waals surface area (Å²) < 4.78 is 26.2. The topological polar surface area (TPSA) is 43.9 Å². The lowest BCUT2D eigenvalue weighted by molar-refractivity contribution is 0.260. The van der Waals surface area contributed by atoms with Crippen LogP contribution in [0.2, 0.25) is 0 Å². The van der Waals surface area contributed by atoms with E-state index in [0.717, 1.165) is 39.0 Å². The van der Waals surface area contributed by atoms with Gasteiger partial charge in [-0.15, -0.1) is 0 Å². The van der Waals surface area contributed by atoms with Crippen LogP contribution in [0.15, 0.2) is 0 Å². The predicted octanol–water partition coefficient (Wildman–Crippen LogP) is 1.85. The lowest BCUT2D eigenvalue weighted by Crippen LogP contribution is -2.42. The van der Waals surface area contributed by atoms with Crippen LogP contribution in [0.3, 0.4) is 0 Å². The first-order valence-corrected chi connectivity index (χ1v) is 11.1. The van der Waals surface area contributed by atoms with Crippen molar-refractivity contribution in [3.8, 4) is 0 Å². The van der Waals surface area contributed by atoms with E-state index in [-0.39, 0.29) is 6.04 Å². The number of rotatable bonds is 9. The van der Waals surface area contributed by atoms with Gasteiger partial charge in [0.15, 0.2) is 0 Å². The van der Waals surface area contributed by atoms with Crippen molar-refractivity contribution in [2.24, 2.45) is 5.92 Å². The molecule has 0 spiro atoms. The van der Waals surface area contributed by atoms with E-state index in [4.69, 9.17) is 0 Å². The van der Waals surface area contributed by atoms with Crippen LogP contribution >= 0.6 is 0 Å². The Morgan fingerprint density at radius 3 is 2.39 bits per heavy atom. The van der Waals surface area contributed by atoms with Gasteiger partial charge in [-0.25, -0.2) is 8.42 Å². The fourth-order valence-electron chi connectivity index (χ4n) is 3.77. The highest BCUT2D eigenvalue weighted by atomic mass is 32.2. The van der Waals surface area contributed by atoms with Crippen LogP contribution in [0.1, 0.15) is 46.0 Å². The normalized spacial score (nSPS) is 24.3. The van der Waals surface area contributed by atoms with E-state index in [0.29, 0.717) is 12.5 Å². The molecule has 0 saturated carbocycles. The maximum atomic E-state index is 12.2. The molecule has 0 aliphatic carbocycles. The van der Waals surface area contributed by atoms with E-state index < -0.39 is 10.0 Å². The molecule has 136 valence electrons. The Bertz CT molecular complexity index is 447. The molecule has 0 radical (unpaired) electrons. The average Bonchev–Trinajstić information content (AvgIpc) is 3.11. The van der Waals surface area contributed by atoms with Crippen molar-refractivity contribution in [2.75, 3.05) is 52.1 Å². The van der Waals surface area contributed by atoms with Gasteiger partial charge in [0.05, 0.1) is 6.26 Å². The smallest absolute Gasteiger partial charge is 0.211 e. The zero-order valence-electron chi connectivity index (χ0n) is 15.2.